The van der Waals surface area contributed by atoms with Crippen LogP contribution in [0.15, 0.2) is 27.6 Å². The summed E-state index contributed by atoms with van der Waals surface area (Å²) in [7, 11) is 1.40. The zero-order chi connectivity index (χ0) is 24.3. The highest BCUT2D eigenvalue weighted by Crippen LogP contribution is 2.34. The summed E-state index contributed by atoms with van der Waals surface area (Å²) in [5.74, 6) is 1.16. The molecule has 1 aromatic carbocycles. The highest BCUT2D eigenvalue weighted by molar-refractivity contribution is 7.94. The number of aromatic nitrogens is 2. The fourth-order valence-electron chi connectivity index (χ4n) is 4.28. The van der Waals surface area contributed by atoms with Gasteiger partial charge in [-0.25, -0.2) is 14.1 Å². The van der Waals surface area contributed by atoms with E-state index in [-0.39, 0.29) is 23.7 Å². The SMILES string of the molecule is COOSc1ccc(N2CC[C@H](c3nc(C4CCN(C(=O)OC(C)(C)C)CC4)no3)C2)c(F)c1. The summed E-state index contributed by atoms with van der Waals surface area (Å²) in [6, 6.07) is 4.97. The molecular weight excluding hydrogens is 463 g/mol. The Hall–Kier alpha value is -2.37. The number of piperidine rings is 1. The van der Waals surface area contributed by atoms with E-state index in [0.717, 1.165) is 31.3 Å². The number of amides is 1. The van der Waals surface area contributed by atoms with Crippen molar-refractivity contribution in [1.29, 1.82) is 0 Å². The van der Waals surface area contributed by atoms with Gasteiger partial charge in [0, 0.05) is 37.0 Å². The van der Waals surface area contributed by atoms with E-state index in [1.165, 1.54) is 13.2 Å². The molecule has 0 spiro atoms. The maximum Gasteiger partial charge on any atom is 0.410 e. The number of carbonyl (C=O) groups excluding carboxylic acids is 1. The molecular formula is C23H31FN4O5S. The Morgan fingerprint density at radius 1 is 1.18 bits per heavy atom. The van der Waals surface area contributed by atoms with Crippen molar-refractivity contribution in [3.05, 3.63) is 35.7 Å². The van der Waals surface area contributed by atoms with E-state index < -0.39 is 5.60 Å². The first-order chi connectivity index (χ1) is 16.2. The molecule has 0 bridgehead atoms. The lowest BCUT2D eigenvalue weighted by atomic mass is 9.96. The molecule has 34 heavy (non-hydrogen) atoms. The molecule has 1 atom stereocenters. The standard InChI is InChI=1S/C23H31FN4O5S/c1-23(2,3)31-22(29)27-10-7-15(8-11-27)20-25-21(32-26-20)16-9-12-28(14-16)19-6-5-17(13-18(19)24)34-33-30-4/h5-6,13,15-16H,7-12,14H2,1-4H3/t16-/m0/s1. The summed E-state index contributed by atoms with van der Waals surface area (Å²) >= 11 is 0.961. The van der Waals surface area contributed by atoms with Gasteiger partial charge in [0.05, 0.1) is 30.8 Å². The van der Waals surface area contributed by atoms with Gasteiger partial charge in [0.25, 0.3) is 0 Å². The molecule has 11 heteroatoms. The molecule has 0 unspecified atom stereocenters. The molecule has 3 heterocycles. The average Bonchev–Trinajstić information content (AvgIpc) is 3.47. The molecule has 0 radical (unpaired) electrons. The largest absolute Gasteiger partial charge is 0.444 e. The number of ether oxygens (including phenoxy) is 1. The van der Waals surface area contributed by atoms with E-state index in [1.54, 1.807) is 17.0 Å². The number of nitrogens with zero attached hydrogens (tertiary/aromatic N) is 4. The number of benzene rings is 1. The van der Waals surface area contributed by atoms with Gasteiger partial charge in [0.2, 0.25) is 5.89 Å². The van der Waals surface area contributed by atoms with E-state index >= 15 is 0 Å². The van der Waals surface area contributed by atoms with Crippen LogP contribution in [0.25, 0.3) is 0 Å². The number of carbonyl (C=O) groups is 1. The van der Waals surface area contributed by atoms with Gasteiger partial charge < -0.3 is 19.1 Å². The molecule has 2 aliphatic heterocycles. The molecule has 1 aromatic heterocycles. The fraction of sp³-hybridized carbons (Fsp3) is 0.609. The number of halogens is 1. The first kappa shape index (κ1) is 24.7. The van der Waals surface area contributed by atoms with E-state index in [4.69, 9.17) is 13.6 Å². The topological polar surface area (TPSA) is 90.2 Å². The van der Waals surface area contributed by atoms with Crippen LogP contribution in [-0.4, -0.2) is 60.0 Å². The number of hydrogen-bond donors (Lipinski definition) is 0. The highest BCUT2D eigenvalue weighted by atomic mass is 32.2. The van der Waals surface area contributed by atoms with Crippen LogP contribution in [0.3, 0.4) is 0 Å². The minimum absolute atomic E-state index is 0.0494. The Bertz CT molecular complexity index is 990. The highest BCUT2D eigenvalue weighted by Gasteiger charge is 2.33. The van der Waals surface area contributed by atoms with E-state index in [2.05, 4.69) is 15.0 Å². The van der Waals surface area contributed by atoms with Crippen LogP contribution < -0.4 is 4.90 Å². The molecule has 2 aliphatic rings. The summed E-state index contributed by atoms with van der Waals surface area (Å²) < 4.78 is 30.5. The van der Waals surface area contributed by atoms with Gasteiger partial charge in [-0.05, 0) is 58.2 Å². The lowest BCUT2D eigenvalue weighted by Gasteiger charge is -2.32. The van der Waals surface area contributed by atoms with Crippen LogP contribution >= 0.6 is 12.0 Å². The Kier molecular flexibility index (Phi) is 7.63. The minimum atomic E-state index is -0.506. The molecule has 2 saturated heterocycles. The predicted molar refractivity (Wildman–Crippen MR) is 124 cm³/mol. The third kappa shape index (κ3) is 6.00. The molecule has 0 aliphatic carbocycles. The van der Waals surface area contributed by atoms with Crippen LogP contribution in [0.5, 0.6) is 0 Å². The van der Waals surface area contributed by atoms with Gasteiger partial charge in [-0.3, -0.25) is 0 Å². The maximum absolute atomic E-state index is 14.6. The van der Waals surface area contributed by atoms with Crippen molar-refractivity contribution < 1.29 is 27.7 Å². The van der Waals surface area contributed by atoms with E-state index in [9.17, 15) is 9.18 Å². The second-order valence-electron chi connectivity index (χ2n) is 9.60. The van der Waals surface area contributed by atoms with Gasteiger partial charge in [0.1, 0.15) is 11.4 Å². The van der Waals surface area contributed by atoms with Gasteiger partial charge in [-0.15, -0.1) is 0 Å². The second-order valence-corrected chi connectivity index (χ2v) is 10.4. The summed E-state index contributed by atoms with van der Waals surface area (Å²) in [4.78, 5) is 25.9. The van der Waals surface area contributed by atoms with Crippen molar-refractivity contribution in [3.8, 4) is 0 Å². The van der Waals surface area contributed by atoms with Crippen LogP contribution in [0.1, 0.15) is 63.6 Å². The monoisotopic (exact) mass is 494 g/mol. The first-order valence-electron chi connectivity index (χ1n) is 11.5. The Labute approximate surface area is 203 Å². The fourth-order valence-corrected chi connectivity index (χ4v) is 4.70. The number of rotatable bonds is 6. The smallest absolute Gasteiger partial charge is 0.410 e. The quantitative estimate of drug-likeness (QED) is 0.316. The summed E-state index contributed by atoms with van der Waals surface area (Å²) in [5, 5.41) is 4.23. The molecule has 186 valence electrons. The summed E-state index contributed by atoms with van der Waals surface area (Å²) in [6.45, 7) is 8.11. The number of hydrogen-bond acceptors (Lipinski definition) is 9. The lowest BCUT2D eigenvalue weighted by Crippen LogP contribution is -2.41. The number of anilines is 1. The Morgan fingerprint density at radius 2 is 1.91 bits per heavy atom. The third-order valence-electron chi connectivity index (χ3n) is 5.96. The zero-order valence-electron chi connectivity index (χ0n) is 20.0. The third-order valence-corrected chi connectivity index (χ3v) is 6.62. The van der Waals surface area contributed by atoms with Crippen molar-refractivity contribution in [3.63, 3.8) is 0 Å². The van der Waals surface area contributed by atoms with Crippen LogP contribution in [0.4, 0.5) is 14.9 Å². The minimum Gasteiger partial charge on any atom is -0.444 e. The maximum atomic E-state index is 14.6. The molecule has 2 aromatic rings. The molecule has 2 fully saturated rings. The normalized spacial score (nSPS) is 19.6. The van der Waals surface area contributed by atoms with Gasteiger partial charge in [0.15, 0.2) is 5.82 Å². The van der Waals surface area contributed by atoms with Crippen LogP contribution in [0.2, 0.25) is 0 Å². The Morgan fingerprint density at radius 3 is 2.59 bits per heavy atom. The average molecular weight is 495 g/mol. The Balaban J connectivity index is 1.32. The van der Waals surface area contributed by atoms with Gasteiger partial charge in [-0.2, -0.15) is 9.32 Å². The second kappa shape index (κ2) is 10.5. The van der Waals surface area contributed by atoms with Crippen molar-refractivity contribution in [2.45, 2.75) is 62.4 Å². The van der Waals surface area contributed by atoms with E-state index in [1.807, 2.05) is 25.7 Å². The first-order valence-corrected chi connectivity index (χ1v) is 12.2. The predicted octanol–water partition coefficient (Wildman–Crippen LogP) is 4.90. The van der Waals surface area contributed by atoms with Crippen molar-refractivity contribution in [2.24, 2.45) is 0 Å². The zero-order valence-corrected chi connectivity index (χ0v) is 20.8. The van der Waals surface area contributed by atoms with Gasteiger partial charge in [-0.1, -0.05) is 5.16 Å². The summed E-state index contributed by atoms with van der Waals surface area (Å²) in [6.07, 6.45) is 2.05. The van der Waals surface area contributed by atoms with Crippen molar-refractivity contribution in [2.75, 3.05) is 38.2 Å². The van der Waals surface area contributed by atoms with Crippen LogP contribution in [-0.2, 0) is 14.0 Å². The molecule has 4 rings (SSSR count). The van der Waals surface area contributed by atoms with Crippen molar-refractivity contribution in [1.82, 2.24) is 15.0 Å². The molecule has 0 saturated carbocycles. The van der Waals surface area contributed by atoms with E-state index in [0.29, 0.717) is 48.5 Å². The van der Waals surface area contributed by atoms with Crippen LogP contribution in [0, 0.1) is 5.82 Å². The van der Waals surface area contributed by atoms with Crippen molar-refractivity contribution >= 4 is 23.8 Å². The number of likely N-dealkylation sites (tertiary alicyclic amines) is 1. The molecule has 0 N–H and O–H groups in total. The lowest BCUT2D eigenvalue weighted by molar-refractivity contribution is -0.160. The molecule has 1 amide bonds. The molecule has 9 nitrogen and oxygen atoms in total. The van der Waals surface area contributed by atoms with Gasteiger partial charge >= 0.3 is 6.09 Å². The summed E-state index contributed by atoms with van der Waals surface area (Å²) in [5.41, 5.74) is 0.0344.